The van der Waals surface area contributed by atoms with Crippen LogP contribution in [0.1, 0.15) is 25.1 Å². The molecule has 0 fully saturated rings. The van der Waals surface area contributed by atoms with Gasteiger partial charge in [0.05, 0.1) is 17.5 Å². The third-order valence-electron chi connectivity index (χ3n) is 4.12. The zero-order chi connectivity index (χ0) is 18.7. The summed E-state index contributed by atoms with van der Waals surface area (Å²) in [5, 5.41) is 10.8. The second kappa shape index (κ2) is 7.41. The summed E-state index contributed by atoms with van der Waals surface area (Å²) in [6, 6.07) is 15.2. The van der Waals surface area contributed by atoms with Crippen LogP contribution in [0, 0.1) is 0 Å². The molecule has 0 atom stereocenters. The average Bonchev–Trinajstić information content (AvgIpc) is 2.56. The number of H-pyrrole nitrogens is 1. The predicted octanol–water partition coefficient (Wildman–Crippen LogP) is 3.37. The Hall–Kier alpha value is -2.47. The summed E-state index contributed by atoms with van der Waals surface area (Å²) >= 11 is 3.47. The molecule has 3 aromatic rings. The number of fused-ring (bicyclic) bond motifs is 1. The Morgan fingerprint density at radius 2 is 1.88 bits per heavy atom. The first-order chi connectivity index (χ1) is 12.3. The number of halogens is 1. The lowest BCUT2D eigenvalue weighted by Gasteiger charge is -2.26. The molecule has 0 unspecified atom stereocenters. The monoisotopic (exact) mass is 413 g/mol. The number of hydrogen-bond donors (Lipinski definition) is 2. The molecule has 0 radical (unpaired) electrons. The smallest absolute Gasteiger partial charge is 0.272 e. The summed E-state index contributed by atoms with van der Waals surface area (Å²) in [6.45, 7) is 3.98. The number of aromatic nitrogens is 2. The summed E-state index contributed by atoms with van der Waals surface area (Å²) in [7, 11) is 0. The molecular weight excluding hydrogens is 394 g/mol. The van der Waals surface area contributed by atoms with Crippen LogP contribution < -0.4 is 10.9 Å². The van der Waals surface area contributed by atoms with Crippen molar-refractivity contribution in [2.45, 2.75) is 32.2 Å². The molecular formula is C20H20BrN3O2. The van der Waals surface area contributed by atoms with Gasteiger partial charge in [0.25, 0.3) is 5.56 Å². The summed E-state index contributed by atoms with van der Waals surface area (Å²) in [4.78, 5) is 24.4. The second-order valence-electron chi connectivity index (χ2n) is 6.96. The third kappa shape index (κ3) is 4.38. The van der Waals surface area contributed by atoms with Crippen molar-refractivity contribution in [1.29, 1.82) is 0 Å². The Labute approximate surface area is 160 Å². The highest BCUT2D eigenvalue weighted by Gasteiger charge is 2.22. The molecule has 0 bridgehead atoms. The molecule has 0 aliphatic rings. The lowest BCUT2D eigenvalue weighted by Crippen LogP contribution is -2.45. The Kier molecular flexibility index (Phi) is 5.23. The van der Waals surface area contributed by atoms with E-state index in [-0.39, 0.29) is 17.9 Å². The van der Waals surface area contributed by atoms with E-state index in [1.807, 2.05) is 50.2 Å². The van der Waals surface area contributed by atoms with Crippen LogP contribution >= 0.6 is 15.9 Å². The Morgan fingerprint density at radius 1 is 1.15 bits per heavy atom. The van der Waals surface area contributed by atoms with Gasteiger partial charge in [-0.3, -0.25) is 9.59 Å². The summed E-state index contributed by atoms with van der Waals surface area (Å²) in [5.41, 5.74) is 1.04. The maximum absolute atomic E-state index is 12.6. The van der Waals surface area contributed by atoms with Crippen LogP contribution in [0.25, 0.3) is 10.8 Å². The standard InChI is InChI=1S/C20H20BrN3O2/c1-20(2,12-13-6-5-7-14(21)10-13)22-18(25)11-17-15-8-3-4-9-16(15)19(26)24-23-17/h3-10H,11-12H2,1-2H3,(H,22,25)(H,24,26). The SMILES string of the molecule is CC(C)(Cc1cccc(Br)c1)NC(=O)Cc1n[nH]c(=O)c2ccccc12. The second-order valence-corrected chi connectivity index (χ2v) is 7.88. The molecule has 0 aliphatic carbocycles. The van der Waals surface area contributed by atoms with Gasteiger partial charge < -0.3 is 5.32 Å². The van der Waals surface area contributed by atoms with Crippen molar-refractivity contribution in [1.82, 2.24) is 15.5 Å². The van der Waals surface area contributed by atoms with Crippen molar-refractivity contribution in [2.75, 3.05) is 0 Å². The quantitative estimate of drug-likeness (QED) is 0.673. The maximum atomic E-state index is 12.6. The zero-order valence-electron chi connectivity index (χ0n) is 14.7. The topological polar surface area (TPSA) is 74.8 Å². The van der Waals surface area contributed by atoms with Crippen molar-refractivity contribution in [2.24, 2.45) is 0 Å². The normalized spacial score (nSPS) is 11.5. The fourth-order valence-electron chi connectivity index (χ4n) is 3.08. The van der Waals surface area contributed by atoms with Gasteiger partial charge in [-0.15, -0.1) is 0 Å². The largest absolute Gasteiger partial charge is 0.351 e. The van der Waals surface area contributed by atoms with E-state index < -0.39 is 5.54 Å². The predicted molar refractivity (Wildman–Crippen MR) is 106 cm³/mol. The van der Waals surface area contributed by atoms with Gasteiger partial charge in [0.2, 0.25) is 5.91 Å². The number of nitrogens with zero attached hydrogens (tertiary/aromatic N) is 1. The first-order valence-electron chi connectivity index (χ1n) is 8.36. The van der Waals surface area contributed by atoms with Crippen LogP contribution in [0.2, 0.25) is 0 Å². The minimum atomic E-state index is -0.407. The summed E-state index contributed by atoms with van der Waals surface area (Å²) in [6.07, 6.45) is 0.817. The van der Waals surface area contributed by atoms with Crippen LogP contribution in [0.5, 0.6) is 0 Å². The highest BCUT2D eigenvalue weighted by atomic mass is 79.9. The van der Waals surface area contributed by atoms with Crippen LogP contribution in [0.15, 0.2) is 57.8 Å². The number of rotatable bonds is 5. The van der Waals surface area contributed by atoms with E-state index in [0.717, 1.165) is 10.0 Å². The van der Waals surface area contributed by atoms with Gasteiger partial charge in [-0.1, -0.05) is 46.3 Å². The first-order valence-corrected chi connectivity index (χ1v) is 9.15. The lowest BCUT2D eigenvalue weighted by molar-refractivity contribution is -0.122. The van der Waals surface area contributed by atoms with Crippen LogP contribution in [0.3, 0.4) is 0 Å². The van der Waals surface area contributed by atoms with E-state index in [1.165, 1.54) is 0 Å². The molecule has 3 rings (SSSR count). The van der Waals surface area contributed by atoms with Crippen LogP contribution in [0.4, 0.5) is 0 Å². The number of nitrogens with one attached hydrogen (secondary N) is 2. The number of aromatic amines is 1. The lowest BCUT2D eigenvalue weighted by atomic mass is 9.94. The molecule has 134 valence electrons. The molecule has 1 aromatic heterocycles. The van der Waals surface area contributed by atoms with E-state index in [4.69, 9.17) is 0 Å². The fourth-order valence-corrected chi connectivity index (χ4v) is 3.53. The van der Waals surface area contributed by atoms with E-state index >= 15 is 0 Å². The molecule has 1 amide bonds. The number of benzene rings is 2. The van der Waals surface area contributed by atoms with Gasteiger partial charge in [-0.2, -0.15) is 5.10 Å². The number of carbonyl (C=O) groups excluding carboxylic acids is 1. The molecule has 5 nitrogen and oxygen atoms in total. The maximum Gasteiger partial charge on any atom is 0.272 e. The van der Waals surface area contributed by atoms with Crippen LogP contribution in [-0.2, 0) is 17.6 Å². The van der Waals surface area contributed by atoms with E-state index in [0.29, 0.717) is 22.9 Å². The number of hydrogen-bond acceptors (Lipinski definition) is 3. The molecule has 0 saturated carbocycles. The van der Waals surface area contributed by atoms with Crippen LogP contribution in [-0.4, -0.2) is 21.6 Å². The number of carbonyl (C=O) groups is 1. The zero-order valence-corrected chi connectivity index (χ0v) is 16.3. The van der Waals surface area contributed by atoms with Gasteiger partial charge in [-0.25, -0.2) is 5.10 Å². The average molecular weight is 414 g/mol. The van der Waals surface area contributed by atoms with E-state index in [9.17, 15) is 9.59 Å². The molecule has 26 heavy (non-hydrogen) atoms. The van der Waals surface area contributed by atoms with E-state index in [2.05, 4.69) is 31.4 Å². The molecule has 2 aromatic carbocycles. The van der Waals surface area contributed by atoms with Gasteiger partial charge in [-0.05, 0) is 44.0 Å². The Morgan fingerprint density at radius 3 is 2.62 bits per heavy atom. The minimum absolute atomic E-state index is 0.110. The molecule has 0 aliphatic heterocycles. The van der Waals surface area contributed by atoms with Gasteiger partial charge in [0.15, 0.2) is 0 Å². The van der Waals surface area contributed by atoms with Crippen molar-refractivity contribution >= 4 is 32.6 Å². The Bertz CT molecular complexity index is 1010. The van der Waals surface area contributed by atoms with Crippen molar-refractivity contribution in [3.63, 3.8) is 0 Å². The fraction of sp³-hybridized carbons (Fsp3) is 0.250. The van der Waals surface area contributed by atoms with Gasteiger partial charge in [0.1, 0.15) is 0 Å². The molecule has 0 saturated heterocycles. The van der Waals surface area contributed by atoms with Crippen molar-refractivity contribution < 1.29 is 4.79 Å². The molecule has 6 heteroatoms. The van der Waals surface area contributed by atoms with Gasteiger partial charge >= 0.3 is 0 Å². The van der Waals surface area contributed by atoms with E-state index in [1.54, 1.807) is 12.1 Å². The highest BCUT2D eigenvalue weighted by Crippen LogP contribution is 2.18. The molecule has 2 N–H and O–H groups in total. The molecule has 1 heterocycles. The number of amides is 1. The minimum Gasteiger partial charge on any atom is -0.351 e. The summed E-state index contributed by atoms with van der Waals surface area (Å²) < 4.78 is 1.01. The molecule has 0 spiro atoms. The van der Waals surface area contributed by atoms with Crippen molar-refractivity contribution in [3.8, 4) is 0 Å². The first kappa shape index (κ1) is 18.3. The van der Waals surface area contributed by atoms with Gasteiger partial charge in [0, 0.05) is 15.4 Å². The van der Waals surface area contributed by atoms with Crippen molar-refractivity contribution in [3.05, 3.63) is 74.6 Å². The summed E-state index contributed by atoms with van der Waals surface area (Å²) in [5.74, 6) is -0.130. The third-order valence-corrected chi connectivity index (χ3v) is 4.61. The Balaban J connectivity index is 1.74. The highest BCUT2D eigenvalue weighted by molar-refractivity contribution is 9.10.